The number of carbonyl (C=O) groups is 1. The second-order valence-corrected chi connectivity index (χ2v) is 4.11. The Hall–Kier alpha value is -1.16. The highest BCUT2D eigenvalue weighted by Gasteiger charge is 1.95. The summed E-state index contributed by atoms with van der Waals surface area (Å²) in [6.45, 7) is 2.30. The van der Waals surface area contributed by atoms with E-state index in [0.717, 1.165) is 11.4 Å². The van der Waals surface area contributed by atoms with E-state index in [0.29, 0.717) is 0 Å². The van der Waals surface area contributed by atoms with Crippen molar-refractivity contribution in [2.75, 3.05) is 17.6 Å². The fraction of sp³-hybridized carbons (Fsp3) is 0.300. The van der Waals surface area contributed by atoms with E-state index >= 15 is 0 Å². The van der Waals surface area contributed by atoms with Gasteiger partial charge < -0.3 is 11.1 Å². The van der Waals surface area contributed by atoms with E-state index in [9.17, 15) is 4.79 Å². The molecule has 0 bridgehead atoms. The van der Waals surface area contributed by atoms with Gasteiger partial charge in [0.05, 0.1) is 6.54 Å². The third kappa shape index (κ3) is 3.70. The Morgan fingerprint density at radius 3 is 2.57 bits per heavy atom. The number of anilines is 1. The van der Waals surface area contributed by atoms with Crippen LogP contribution in [0.3, 0.4) is 0 Å². The SMILES string of the molecule is CCSc1ccc(NCC(N)=O)cc1. The molecule has 76 valence electrons. The number of rotatable bonds is 5. The maximum atomic E-state index is 10.5. The van der Waals surface area contributed by atoms with Crippen molar-refractivity contribution in [1.29, 1.82) is 0 Å². The average molecular weight is 210 g/mol. The number of nitrogens with one attached hydrogen (secondary N) is 1. The van der Waals surface area contributed by atoms with Crippen LogP contribution in [0.15, 0.2) is 29.2 Å². The molecule has 3 nitrogen and oxygen atoms in total. The molecule has 0 aliphatic carbocycles. The van der Waals surface area contributed by atoms with Crippen molar-refractivity contribution >= 4 is 23.4 Å². The molecule has 1 aromatic rings. The van der Waals surface area contributed by atoms with Gasteiger partial charge in [-0.05, 0) is 30.0 Å². The summed E-state index contributed by atoms with van der Waals surface area (Å²) in [5.41, 5.74) is 5.93. The van der Waals surface area contributed by atoms with Gasteiger partial charge in [-0.2, -0.15) is 0 Å². The Bertz CT molecular complexity index is 297. The van der Waals surface area contributed by atoms with Gasteiger partial charge >= 0.3 is 0 Å². The zero-order valence-corrected chi connectivity index (χ0v) is 8.93. The van der Waals surface area contributed by atoms with Gasteiger partial charge in [0.1, 0.15) is 0 Å². The Morgan fingerprint density at radius 2 is 2.07 bits per heavy atom. The fourth-order valence-corrected chi connectivity index (χ4v) is 1.69. The first kappa shape index (κ1) is 10.9. The minimum atomic E-state index is -0.350. The normalized spacial score (nSPS) is 9.79. The maximum absolute atomic E-state index is 10.5. The topological polar surface area (TPSA) is 55.1 Å². The minimum absolute atomic E-state index is 0.181. The van der Waals surface area contributed by atoms with Gasteiger partial charge in [0, 0.05) is 10.6 Å². The van der Waals surface area contributed by atoms with Gasteiger partial charge in [-0.15, -0.1) is 11.8 Å². The molecule has 0 aromatic heterocycles. The molecule has 1 rings (SSSR count). The molecule has 0 radical (unpaired) electrons. The fourth-order valence-electron chi connectivity index (χ4n) is 1.02. The van der Waals surface area contributed by atoms with Gasteiger partial charge in [0.2, 0.25) is 5.91 Å². The van der Waals surface area contributed by atoms with Crippen LogP contribution >= 0.6 is 11.8 Å². The molecule has 0 saturated heterocycles. The lowest BCUT2D eigenvalue weighted by atomic mass is 10.3. The van der Waals surface area contributed by atoms with Crippen LogP contribution in [-0.2, 0) is 4.79 Å². The van der Waals surface area contributed by atoms with Crippen LogP contribution in [0, 0.1) is 0 Å². The molecule has 0 unspecified atom stereocenters. The number of thioether (sulfide) groups is 1. The van der Waals surface area contributed by atoms with Crippen LogP contribution in [-0.4, -0.2) is 18.2 Å². The van der Waals surface area contributed by atoms with E-state index in [1.165, 1.54) is 4.90 Å². The zero-order chi connectivity index (χ0) is 10.4. The lowest BCUT2D eigenvalue weighted by Crippen LogP contribution is -2.21. The van der Waals surface area contributed by atoms with E-state index in [2.05, 4.69) is 12.2 Å². The number of amides is 1. The molecule has 0 fully saturated rings. The molecule has 1 aromatic carbocycles. The van der Waals surface area contributed by atoms with Crippen molar-refractivity contribution in [3.05, 3.63) is 24.3 Å². The Labute approximate surface area is 88.1 Å². The standard InChI is InChI=1S/C10H14N2OS/c1-2-14-9-5-3-8(4-6-9)12-7-10(11)13/h3-6,12H,2,7H2,1H3,(H2,11,13). The lowest BCUT2D eigenvalue weighted by molar-refractivity contribution is -0.116. The molecule has 4 heteroatoms. The van der Waals surface area contributed by atoms with Crippen molar-refractivity contribution in [3.63, 3.8) is 0 Å². The summed E-state index contributed by atoms with van der Waals surface area (Å²) in [7, 11) is 0. The number of hydrogen-bond acceptors (Lipinski definition) is 3. The zero-order valence-electron chi connectivity index (χ0n) is 8.12. The molecule has 3 N–H and O–H groups in total. The Balaban J connectivity index is 2.50. The summed E-state index contributed by atoms with van der Waals surface area (Å²) >= 11 is 1.79. The van der Waals surface area contributed by atoms with E-state index in [4.69, 9.17) is 5.73 Å². The van der Waals surface area contributed by atoms with E-state index in [1.54, 1.807) is 11.8 Å². The predicted molar refractivity (Wildman–Crippen MR) is 60.5 cm³/mol. The second-order valence-electron chi connectivity index (χ2n) is 2.78. The molecule has 0 atom stereocenters. The summed E-state index contributed by atoms with van der Waals surface area (Å²) < 4.78 is 0. The molecular formula is C10H14N2OS. The molecule has 0 aliphatic rings. The Kier molecular flexibility index (Phi) is 4.32. The van der Waals surface area contributed by atoms with Crippen molar-refractivity contribution in [2.24, 2.45) is 5.73 Å². The first-order valence-corrected chi connectivity index (χ1v) is 5.46. The molecule has 0 saturated carbocycles. The summed E-state index contributed by atoms with van der Waals surface area (Å²) in [6.07, 6.45) is 0. The van der Waals surface area contributed by atoms with Crippen LogP contribution in [0.5, 0.6) is 0 Å². The van der Waals surface area contributed by atoms with Gasteiger partial charge in [0.25, 0.3) is 0 Å². The monoisotopic (exact) mass is 210 g/mol. The van der Waals surface area contributed by atoms with Crippen LogP contribution in [0.25, 0.3) is 0 Å². The van der Waals surface area contributed by atoms with Crippen molar-refractivity contribution in [2.45, 2.75) is 11.8 Å². The summed E-state index contributed by atoms with van der Waals surface area (Å²) in [6, 6.07) is 7.94. The second kappa shape index (κ2) is 5.54. The molecule has 0 aliphatic heterocycles. The third-order valence-electron chi connectivity index (χ3n) is 1.63. The number of benzene rings is 1. The first-order chi connectivity index (χ1) is 6.72. The third-order valence-corrected chi connectivity index (χ3v) is 2.53. The average Bonchev–Trinajstić information content (AvgIpc) is 2.17. The highest BCUT2D eigenvalue weighted by Crippen LogP contribution is 2.19. The van der Waals surface area contributed by atoms with Gasteiger partial charge in [-0.25, -0.2) is 0 Å². The lowest BCUT2D eigenvalue weighted by Gasteiger charge is -2.04. The van der Waals surface area contributed by atoms with Crippen molar-refractivity contribution in [3.8, 4) is 0 Å². The summed E-state index contributed by atoms with van der Waals surface area (Å²) in [5.74, 6) is 0.714. The molecule has 14 heavy (non-hydrogen) atoms. The largest absolute Gasteiger partial charge is 0.376 e. The van der Waals surface area contributed by atoms with Crippen molar-refractivity contribution < 1.29 is 4.79 Å². The summed E-state index contributed by atoms with van der Waals surface area (Å²) in [4.78, 5) is 11.7. The van der Waals surface area contributed by atoms with E-state index in [1.807, 2.05) is 24.3 Å². The number of primary amides is 1. The maximum Gasteiger partial charge on any atom is 0.236 e. The smallest absolute Gasteiger partial charge is 0.236 e. The van der Waals surface area contributed by atoms with Crippen LogP contribution in [0.2, 0.25) is 0 Å². The predicted octanol–water partition coefficient (Wildman–Crippen LogP) is 1.70. The molecule has 0 spiro atoms. The van der Waals surface area contributed by atoms with Crippen molar-refractivity contribution in [1.82, 2.24) is 0 Å². The Morgan fingerprint density at radius 1 is 1.43 bits per heavy atom. The van der Waals surface area contributed by atoms with Gasteiger partial charge in [-0.1, -0.05) is 6.92 Å². The number of nitrogens with two attached hydrogens (primary N) is 1. The van der Waals surface area contributed by atoms with Crippen LogP contribution < -0.4 is 11.1 Å². The molecular weight excluding hydrogens is 196 g/mol. The quantitative estimate of drug-likeness (QED) is 0.727. The minimum Gasteiger partial charge on any atom is -0.376 e. The number of hydrogen-bond donors (Lipinski definition) is 2. The van der Waals surface area contributed by atoms with Crippen LogP contribution in [0.1, 0.15) is 6.92 Å². The summed E-state index contributed by atoms with van der Waals surface area (Å²) in [5, 5.41) is 2.93. The van der Waals surface area contributed by atoms with E-state index in [-0.39, 0.29) is 12.5 Å². The van der Waals surface area contributed by atoms with E-state index < -0.39 is 0 Å². The van der Waals surface area contributed by atoms with Crippen LogP contribution in [0.4, 0.5) is 5.69 Å². The molecule has 0 heterocycles. The highest BCUT2D eigenvalue weighted by molar-refractivity contribution is 7.99. The number of carbonyl (C=O) groups excluding carboxylic acids is 1. The van der Waals surface area contributed by atoms with Gasteiger partial charge in [0.15, 0.2) is 0 Å². The first-order valence-electron chi connectivity index (χ1n) is 4.47. The highest BCUT2D eigenvalue weighted by atomic mass is 32.2. The van der Waals surface area contributed by atoms with Gasteiger partial charge in [-0.3, -0.25) is 4.79 Å². The molecule has 1 amide bonds.